The molecule has 0 aromatic heterocycles. The van der Waals surface area contributed by atoms with Gasteiger partial charge in [0.05, 0.1) is 4.32 Å². The van der Waals surface area contributed by atoms with Crippen molar-refractivity contribution >= 4 is 15.9 Å². The molecule has 0 saturated heterocycles. The Hall–Kier alpha value is -0.240. The van der Waals surface area contributed by atoms with Crippen LogP contribution >= 0.6 is 15.9 Å². The fraction of sp³-hybridized carbons (Fsp3) is 0.714. The Bertz CT molecular complexity index is 339. The summed E-state index contributed by atoms with van der Waals surface area (Å²) in [7, 11) is 0. The van der Waals surface area contributed by atoms with Crippen molar-refractivity contribution in [2.24, 2.45) is 10.8 Å². The monoisotopic (exact) mass is 286 g/mol. The average Bonchev–Trinajstić information content (AvgIpc) is 2.05. The van der Waals surface area contributed by atoms with Crippen LogP contribution in [0.2, 0.25) is 0 Å². The van der Waals surface area contributed by atoms with Crippen LogP contribution in [0.25, 0.3) is 0 Å². The van der Waals surface area contributed by atoms with Crippen LogP contribution in [0.4, 0.5) is 0 Å². The number of halogens is 1. The number of rotatable bonds is 0. The topological polar surface area (TPSA) is 20.2 Å². The van der Waals surface area contributed by atoms with Crippen molar-refractivity contribution in [3.8, 4) is 0 Å². The molecule has 1 aliphatic carbocycles. The van der Waals surface area contributed by atoms with Gasteiger partial charge < -0.3 is 5.11 Å². The van der Waals surface area contributed by atoms with Gasteiger partial charge in [-0.25, -0.2) is 0 Å². The SMILES string of the molecule is CC(C)(C)C1=C(O)C=CC(Br)(C(C)(C)C)C1. The van der Waals surface area contributed by atoms with Crippen LogP contribution in [-0.2, 0) is 0 Å². The molecule has 2 heteroatoms. The second-order valence-corrected chi connectivity index (χ2v) is 8.15. The van der Waals surface area contributed by atoms with E-state index in [1.165, 1.54) is 0 Å². The molecule has 0 amide bonds. The molecular weight excluding hydrogens is 264 g/mol. The van der Waals surface area contributed by atoms with Gasteiger partial charge in [-0.15, -0.1) is 0 Å². The minimum atomic E-state index is -0.0607. The van der Waals surface area contributed by atoms with E-state index in [1.807, 2.05) is 6.08 Å². The molecule has 1 unspecified atom stereocenters. The number of hydrogen-bond acceptors (Lipinski definition) is 1. The third-order valence-corrected chi connectivity index (χ3v) is 5.13. The van der Waals surface area contributed by atoms with Crippen molar-refractivity contribution in [3.63, 3.8) is 0 Å². The molecule has 0 saturated carbocycles. The molecule has 1 nitrogen and oxygen atoms in total. The van der Waals surface area contributed by atoms with Gasteiger partial charge in [0.15, 0.2) is 0 Å². The van der Waals surface area contributed by atoms with E-state index in [1.54, 1.807) is 0 Å². The Balaban J connectivity index is 3.13. The lowest BCUT2D eigenvalue weighted by molar-refractivity contribution is 0.296. The minimum Gasteiger partial charge on any atom is -0.508 e. The van der Waals surface area contributed by atoms with E-state index in [0.29, 0.717) is 5.76 Å². The van der Waals surface area contributed by atoms with Crippen molar-refractivity contribution in [1.82, 2.24) is 0 Å². The molecule has 0 heterocycles. The molecule has 0 radical (unpaired) electrons. The third kappa shape index (κ3) is 2.53. The zero-order valence-corrected chi connectivity index (χ0v) is 12.8. The maximum absolute atomic E-state index is 9.97. The molecule has 1 aliphatic rings. The Morgan fingerprint density at radius 1 is 1.19 bits per heavy atom. The van der Waals surface area contributed by atoms with Crippen LogP contribution in [0.3, 0.4) is 0 Å². The predicted molar refractivity (Wildman–Crippen MR) is 74.0 cm³/mol. The molecule has 0 aliphatic heterocycles. The van der Waals surface area contributed by atoms with Crippen LogP contribution in [0.5, 0.6) is 0 Å². The Labute approximate surface area is 108 Å². The smallest absolute Gasteiger partial charge is 0.115 e. The summed E-state index contributed by atoms with van der Waals surface area (Å²) in [5.74, 6) is 0.437. The maximum atomic E-state index is 9.97. The second kappa shape index (κ2) is 3.90. The lowest BCUT2D eigenvalue weighted by Gasteiger charge is -2.42. The Morgan fingerprint density at radius 2 is 1.69 bits per heavy atom. The summed E-state index contributed by atoms with van der Waals surface area (Å²) in [6, 6.07) is 0. The summed E-state index contributed by atoms with van der Waals surface area (Å²) in [5, 5.41) is 9.97. The summed E-state index contributed by atoms with van der Waals surface area (Å²) in [4.78, 5) is 0. The molecule has 0 fully saturated rings. The first-order valence-electron chi connectivity index (χ1n) is 5.78. The van der Waals surface area contributed by atoms with Gasteiger partial charge in [-0.05, 0) is 28.9 Å². The van der Waals surface area contributed by atoms with Gasteiger partial charge >= 0.3 is 0 Å². The van der Waals surface area contributed by atoms with Crippen molar-refractivity contribution in [2.45, 2.75) is 52.3 Å². The molecule has 92 valence electrons. The number of hydrogen-bond donors (Lipinski definition) is 1. The molecule has 0 aromatic rings. The highest BCUT2D eigenvalue weighted by atomic mass is 79.9. The van der Waals surface area contributed by atoms with Crippen molar-refractivity contribution in [2.75, 3.05) is 0 Å². The zero-order chi connectivity index (χ0) is 12.8. The highest BCUT2D eigenvalue weighted by molar-refractivity contribution is 9.10. The summed E-state index contributed by atoms with van der Waals surface area (Å²) in [5.41, 5.74) is 1.27. The molecule has 0 spiro atoms. The van der Waals surface area contributed by atoms with E-state index < -0.39 is 0 Å². The Morgan fingerprint density at radius 3 is 2.06 bits per heavy atom. The van der Waals surface area contributed by atoms with Crippen LogP contribution < -0.4 is 0 Å². The first-order chi connectivity index (χ1) is 6.97. The molecule has 0 bridgehead atoms. The molecular formula is C14H23BrO. The van der Waals surface area contributed by atoms with E-state index in [9.17, 15) is 5.11 Å². The van der Waals surface area contributed by atoms with Crippen molar-refractivity contribution in [1.29, 1.82) is 0 Å². The van der Waals surface area contributed by atoms with E-state index in [2.05, 4.69) is 63.5 Å². The van der Waals surface area contributed by atoms with Crippen LogP contribution in [0.1, 0.15) is 48.0 Å². The summed E-state index contributed by atoms with van der Waals surface area (Å²) in [6.45, 7) is 13.1. The van der Waals surface area contributed by atoms with Gasteiger partial charge in [0.1, 0.15) is 5.76 Å². The predicted octanol–water partition coefficient (Wildman–Crippen LogP) is 4.98. The van der Waals surface area contributed by atoms with Gasteiger partial charge in [0, 0.05) is 0 Å². The quantitative estimate of drug-likeness (QED) is 0.623. The molecule has 16 heavy (non-hydrogen) atoms. The van der Waals surface area contributed by atoms with E-state index in [4.69, 9.17) is 0 Å². The molecule has 1 rings (SSSR count). The zero-order valence-electron chi connectivity index (χ0n) is 11.2. The first kappa shape index (κ1) is 13.8. The maximum Gasteiger partial charge on any atom is 0.115 e. The number of aliphatic hydroxyl groups excluding tert-OH is 1. The van der Waals surface area contributed by atoms with Crippen molar-refractivity contribution < 1.29 is 5.11 Å². The summed E-state index contributed by atoms with van der Waals surface area (Å²) < 4.78 is -0.0607. The Kier molecular flexibility index (Phi) is 3.37. The lowest BCUT2D eigenvalue weighted by Crippen LogP contribution is -2.38. The average molecular weight is 287 g/mol. The standard InChI is InChI=1S/C14H23BrO/c1-12(2,3)10-9-14(15,13(4,5)6)8-7-11(10)16/h7-8,16H,9H2,1-6H3. The normalized spacial score (nSPS) is 27.4. The number of allylic oxidation sites excluding steroid dienone is 3. The number of alkyl halides is 1. The second-order valence-electron chi connectivity index (χ2n) is 6.74. The molecule has 0 aromatic carbocycles. The van der Waals surface area contributed by atoms with Crippen LogP contribution in [0, 0.1) is 10.8 Å². The van der Waals surface area contributed by atoms with E-state index in [-0.39, 0.29) is 15.2 Å². The van der Waals surface area contributed by atoms with Crippen LogP contribution in [0.15, 0.2) is 23.5 Å². The summed E-state index contributed by atoms with van der Waals surface area (Å²) in [6.07, 6.45) is 4.78. The minimum absolute atomic E-state index is 0.0130. The van der Waals surface area contributed by atoms with Gasteiger partial charge in [-0.1, -0.05) is 63.5 Å². The largest absolute Gasteiger partial charge is 0.508 e. The highest BCUT2D eigenvalue weighted by Crippen LogP contribution is 2.49. The van der Waals surface area contributed by atoms with Gasteiger partial charge in [-0.3, -0.25) is 0 Å². The lowest BCUT2D eigenvalue weighted by atomic mass is 9.70. The van der Waals surface area contributed by atoms with Crippen molar-refractivity contribution in [3.05, 3.63) is 23.5 Å². The molecule has 1 atom stereocenters. The highest BCUT2D eigenvalue weighted by Gasteiger charge is 2.42. The van der Waals surface area contributed by atoms with Crippen LogP contribution in [-0.4, -0.2) is 9.43 Å². The third-order valence-electron chi connectivity index (χ3n) is 3.40. The number of aliphatic hydroxyl groups is 1. The van der Waals surface area contributed by atoms with Gasteiger partial charge in [0.25, 0.3) is 0 Å². The fourth-order valence-corrected chi connectivity index (χ4v) is 2.30. The van der Waals surface area contributed by atoms with Gasteiger partial charge in [0.2, 0.25) is 0 Å². The molecule has 1 N–H and O–H groups in total. The fourth-order valence-electron chi connectivity index (χ4n) is 1.88. The first-order valence-corrected chi connectivity index (χ1v) is 6.57. The summed E-state index contributed by atoms with van der Waals surface area (Å²) >= 11 is 3.84. The van der Waals surface area contributed by atoms with E-state index >= 15 is 0 Å². The van der Waals surface area contributed by atoms with E-state index in [0.717, 1.165) is 12.0 Å². The van der Waals surface area contributed by atoms with Gasteiger partial charge in [-0.2, -0.15) is 0 Å².